The minimum atomic E-state index is -0.955. The summed E-state index contributed by atoms with van der Waals surface area (Å²) in [6.45, 7) is 1.21. The van der Waals surface area contributed by atoms with Crippen molar-refractivity contribution in [2.24, 2.45) is 0 Å². The van der Waals surface area contributed by atoms with E-state index >= 15 is 0 Å². The lowest BCUT2D eigenvalue weighted by atomic mass is 9.97. The van der Waals surface area contributed by atoms with Gasteiger partial charge in [0.05, 0.1) is 11.8 Å². The molecule has 1 aliphatic rings. The predicted molar refractivity (Wildman–Crippen MR) is 72.5 cm³/mol. The second-order valence-corrected chi connectivity index (χ2v) is 4.95. The van der Waals surface area contributed by atoms with E-state index in [1.165, 1.54) is 10.9 Å². The second-order valence-electron chi connectivity index (χ2n) is 4.95. The van der Waals surface area contributed by atoms with E-state index in [-0.39, 0.29) is 18.0 Å². The van der Waals surface area contributed by atoms with Crippen molar-refractivity contribution in [3.05, 3.63) is 47.3 Å². The summed E-state index contributed by atoms with van der Waals surface area (Å²) in [4.78, 5) is 24.9. The van der Waals surface area contributed by atoms with Gasteiger partial charge in [-0.25, -0.2) is 9.48 Å². The molecule has 1 aromatic carbocycles. The Hall–Kier alpha value is -2.70. The van der Waals surface area contributed by atoms with Crippen LogP contribution < -0.4 is 0 Å². The number of fused-ring (bicyclic) bond motifs is 1. The fourth-order valence-electron chi connectivity index (χ4n) is 2.46. The molecule has 7 nitrogen and oxygen atoms in total. The van der Waals surface area contributed by atoms with Crippen LogP contribution in [0.5, 0.6) is 0 Å². The third-order valence-electron chi connectivity index (χ3n) is 3.59. The van der Waals surface area contributed by atoms with Crippen LogP contribution in [0.2, 0.25) is 0 Å². The molecule has 0 saturated carbocycles. The van der Waals surface area contributed by atoms with Gasteiger partial charge in [-0.1, -0.05) is 11.3 Å². The third kappa shape index (κ3) is 2.76. The van der Waals surface area contributed by atoms with Gasteiger partial charge >= 0.3 is 5.97 Å². The van der Waals surface area contributed by atoms with Crippen molar-refractivity contribution in [1.82, 2.24) is 19.9 Å². The molecule has 0 unspecified atom stereocenters. The van der Waals surface area contributed by atoms with Gasteiger partial charge in [0.2, 0.25) is 5.91 Å². The van der Waals surface area contributed by atoms with Crippen LogP contribution in [0.3, 0.4) is 0 Å². The van der Waals surface area contributed by atoms with Crippen molar-refractivity contribution in [1.29, 1.82) is 0 Å². The summed E-state index contributed by atoms with van der Waals surface area (Å²) in [5.41, 5.74) is 2.25. The molecule has 108 valence electrons. The monoisotopic (exact) mass is 286 g/mol. The summed E-state index contributed by atoms with van der Waals surface area (Å²) in [7, 11) is 0. The maximum Gasteiger partial charge on any atom is 0.335 e. The van der Waals surface area contributed by atoms with Gasteiger partial charge in [0.15, 0.2) is 0 Å². The first kappa shape index (κ1) is 13.3. The number of nitrogens with zero attached hydrogens (tertiary/aromatic N) is 4. The standard InChI is InChI=1S/C14H14N4O3/c19-13(9-18-6-4-15-16-18)17-5-3-10-1-2-11(14(20)21)7-12(10)8-17/h1-2,4,6-7H,3,5,8-9H2,(H,20,21). The highest BCUT2D eigenvalue weighted by Crippen LogP contribution is 2.20. The average Bonchev–Trinajstić information content (AvgIpc) is 2.98. The number of rotatable bonds is 3. The number of carboxylic acid groups (broad SMARTS) is 1. The predicted octanol–water partition coefficient (Wildman–Crippen LogP) is 0.561. The molecule has 1 aliphatic heterocycles. The van der Waals surface area contributed by atoms with E-state index in [2.05, 4.69) is 10.3 Å². The lowest BCUT2D eigenvalue weighted by molar-refractivity contribution is -0.133. The minimum Gasteiger partial charge on any atom is -0.478 e. The number of carbonyl (C=O) groups excluding carboxylic acids is 1. The molecule has 21 heavy (non-hydrogen) atoms. The number of carboxylic acids is 1. The van der Waals surface area contributed by atoms with Gasteiger partial charge in [0, 0.05) is 19.3 Å². The van der Waals surface area contributed by atoms with Crippen LogP contribution in [0, 0.1) is 0 Å². The molecule has 0 saturated heterocycles. The summed E-state index contributed by atoms with van der Waals surface area (Å²) < 4.78 is 1.48. The van der Waals surface area contributed by atoms with Crippen molar-refractivity contribution in [2.75, 3.05) is 6.54 Å². The average molecular weight is 286 g/mol. The SMILES string of the molecule is O=C(O)c1ccc2c(c1)CN(C(=O)Cn1ccnn1)CC2. The van der Waals surface area contributed by atoms with E-state index in [9.17, 15) is 9.59 Å². The van der Waals surface area contributed by atoms with Gasteiger partial charge in [0.1, 0.15) is 6.54 Å². The molecule has 0 bridgehead atoms. The summed E-state index contributed by atoms with van der Waals surface area (Å²) in [6, 6.07) is 5.08. The molecular formula is C14H14N4O3. The molecule has 0 aliphatic carbocycles. The molecule has 1 N–H and O–H groups in total. The Kier molecular flexibility index (Phi) is 3.39. The Bertz CT molecular complexity index is 682. The molecule has 2 heterocycles. The van der Waals surface area contributed by atoms with Crippen LogP contribution in [-0.4, -0.2) is 43.4 Å². The molecule has 0 spiro atoms. The normalized spacial score (nSPS) is 13.8. The van der Waals surface area contributed by atoms with Crippen LogP contribution in [0.25, 0.3) is 0 Å². The smallest absolute Gasteiger partial charge is 0.335 e. The van der Waals surface area contributed by atoms with Crippen molar-refractivity contribution in [3.63, 3.8) is 0 Å². The summed E-state index contributed by atoms with van der Waals surface area (Å²) in [6.07, 6.45) is 3.90. The van der Waals surface area contributed by atoms with E-state index < -0.39 is 5.97 Å². The van der Waals surface area contributed by atoms with Crippen LogP contribution in [-0.2, 0) is 24.3 Å². The number of aromatic carboxylic acids is 1. The van der Waals surface area contributed by atoms with Crippen LogP contribution in [0.4, 0.5) is 0 Å². The molecule has 7 heteroatoms. The molecule has 2 aromatic rings. The number of hydrogen-bond acceptors (Lipinski definition) is 4. The van der Waals surface area contributed by atoms with Crippen LogP contribution in [0.15, 0.2) is 30.6 Å². The first-order valence-electron chi connectivity index (χ1n) is 6.60. The second kappa shape index (κ2) is 5.35. The van der Waals surface area contributed by atoms with Crippen LogP contribution >= 0.6 is 0 Å². The molecule has 0 atom stereocenters. The minimum absolute atomic E-state index is 0.0492. The number of amides is 1. The van der Waals surface area contributed by atoms with Crippen LogP contribution in [0.1, 0.15) is 21.5 Å². The fraction of sp³-hybridized carbons (Fsp3) is 0.286. The molecule has 1 amide bonds. The maximum atomic E-state index is 12.2. The van der Waals surface area contributed by atoms with Gasteiger partial charge in [-0.2, -0.15) is 0 Å². The van der Waals surface area contributed by atoms with Gasteiger partial charge in [-0.3, -0.25) is 4.79 Å². The highest BCUT2D eigenvalue weighted by atomic mass is 16.4. The highest BCUT2D eigenvalue weighted by Gasteiger charge is 2.21. The Morgan fingerprint density at radius 3 is 2.86 bits per heavy atom. The zero-order chi connectivity index (χ0) is 14.8. The Morgan fingerprint density at radius 1 is 1.29 bits per heavy atom. The van der Waals surface area contributed by atoms with E-state index in [0.29, 0.717) is 13.1 Å². The maximum absolute atomic E-state index is 12.2. The largest absolute Gasteiger partial charge is 0.478 e. The quantitative estimate of drug-likeness (QED) is 0.890. The summed E-state index contributed by atoms with van der Waals surface area (Å²) in [5, 5.41) is 16.5. The first-order valence-corrected chi connectivity index (χ1v) is 6.60. The van der Waals surface area contributed by atoms with E-state index in [0.717, 1.165) is 17.5 Å². The molecule has 1 aromatic heterocycles. The number of carbonyl (C=O) groups is 2. The van der Waals surface area contributed by atoms with Crippen molar-refractivity contribution in [2.45, 2.75) is 19.5 Å². The number of hydrogen-bond donors (Lipinski definition) is 1. The summed E-state index contributed by atoms with van der Waals surface area (Å²) >= 11 is 0. The first-order chi connectivity index (χ1) is 10.1. The van der Waals surface area contributed by atoms with Gasteiger partial charge in [-0.15, -0.1) is 5.10 Å². The molecule has 3 rings (SSSR count). The van der Waals surface area contributed by atoms with Crippen molar-refractivity contribution in [3.8, 4) is 0 Å². The van der Waals surface area contributed by atoms with E-state index in [1.54, 1.807) is 23.2 Å². The lowest BCUT2D eigenvalue weighted by Gasteiger charge is -2.29. The van der Waals surface area contributed by atoms with Crippen molar-refractivity contribution >= 4 is 11.9 Å². The van der Waals surface area contributed by atoms with E-state index in [1.807, 2.05) is 6.07 Å². The van der Waals surface area contributed by atoms with E-state index in [4.69, 9.17) is 5.11 Å². The topological polar surface area (TPSA) is 88.3 Å². The van der Waals surface area contributed by atoms with Gasteiger partial charge in [-0.05, 0) is 29.7 Å². The van der Waals surface area contributed by atoms with Crippen molar-refractivity contribution < 1.29 is 14.7 Å². The third-order valence-corrected chi connectivity index (χ3v) is 3.59. The molecule has 0 fully saturated rings. The zero-order valence-corrected chi connectivity index (χ0v) is 11.3. The Labute approximate surface area is 120 Å². The molecule has 0 radical (unpaired) electrons. The van der Waals surface area contributed by atoms with Gasteiger partial charge in [0.25, 0.3) is 0 Å². The number of benzene rings is 1. The zero-order valence-electron chi connectivity index (χ0n) is 11.3. The molecular weight excluding hydrogens is 272 g/mol. The highest BCUT2D eigenvalue weighted by molar-refractivity contribution is 5.88. The Balaban J connectivity index is 1.75. The number of aromatic nitrogens is 3. The fourth-order valence-corrected chi connectivity index (χ4v) is 2.46. The van der Waals surface area contributed by atoms with Gasteiger partial charge < -0.3 is 10.0 Å². The summed E-state index contributed by atoms with van der Waals surface area (Å²) in [5.74, 6) is -1.00. The lowest BCUT2D eigenvalue weighted by Crippen LogP contribution is -2.38. The Morgan fingerprint density at radius 2 is 2.14 bits per heavy atom.